The van der Waals surface area contributed by atoms with Crippen molar-refractivity contribution in [1.29, 1.82) is 0 Å². The third-order valence-electron chi connectivity index (χ3n) is 2.26. The van der Waals surface area contributed by atoms with E-state index in [0.29, 0.717) is 6.42 Å². The zero-order chi connectivity index (χ0) is 9.42. The first kappa shape index (κ1) is 8.44. The van der Waals surface area contributed by atoms with Gasteiger partial charge in [-0.3, -0.25) is 9.59 Å². The van der Waals surface area contributed by atoms with Gasteiger partial charge >= 0.3 is 5.97 Å². The van der Waals surface area contributed by atoms with Gasteiger partial charge in [0.25, 0.3) is 0 Å². The molecule has 1 aromatic rings. The second kappa shape index (κ2) is 2.96. The minimum absolute atomic E-state index is 0.0325. The normalized spacial score (nSPS) is 21.2. The van der Waals surface area contributed by atoms with E-state index in [9.17, 15) is 9.59 Å². The Morgan fingerprint density at radius 2 is 2.31 bits per heavy atom. The van der Waals surface area contributed by atoms with Crippen molar-refractivity contribution in [2.75, 3.05) is 0 Å². The van der Waals surface area contributed by atoms with E-state index in [-0.39, 0.29) is 12.2 Å². The molecule has 1 aromatic heterocycles. The summed E-state index contributed by atoms with van der Waals surface area (Å²) in [7, 11) is 0. The van der Waals surface area contributed by atoms with Crippen LogP contribution in [0.2, 0.25) is 0 Å². The molecule has 1 aliphatic carbocycles. The quantitative estimate of drug-likeness (QED) is 0.741. The molecule has 2 rings (SSSR count). The second-order valence-corrected chi connectivity index (χ2v) is 4.12. The van der Waals surface area contributed by atoms with Crippen molar-refractivity contribution in [2.45, 2.75) is 12.8 Å². The Labute approximate surface area is 79.0 Å². The summed E-state index contributed by atoms with van der Waals surface area (Å²) in [6, 6.07) is 1.78. The third kappa shape index (κ3) is 1.37. The minimum atomic E-state index is -0.868. The number of fused-ring (bicyclic) bond motifs is 1. The summed E-state index contributed by atoms with van der Waals surface area (Å²) < 4.78 is 0. The van der Waals surface area contributed by atoms with E-state index < -0.39 is 11.9 Å². The fraction of sp³-hybridized carbons (Fsp3) is 0.333. The number of carbonyl (C=O) groups excluding carboxylic acids is 1. The molecule has 0 radical (unpaired) electrons. The summed E-state index contributed by atoms with van der Waals surface area (Å²) in [5, 5.41) is 10.6. The van der Waals surface area contributed by atoms with Gasteiger partial charge in [-0.15, -0.1) is 11.3 Å². The summed E-state index contributed by atoms with van der Waals surface area (Å²) in [5.74, 6) is -1.42. The van der Waals surface area contributed by atoms with Crippen molar-refractivity contribution in [1.82, 2.24) is 0 Å². The number of aliphatic carboxylic acids is 1. The predicted octanol–water partition coefficient (Wildman–Crippen LogP) is 1.58. The summed E-state index contributed by atoms with van der Waals surface area (Å²) >= 11 is 1.47. The Bertz CT molecular complexity index is 367. The molecule has 1 atom stereocenters. The Morgan fingerprint density at radius 1 is 1.54 bits per heavy atom. The predicted molar refractivity (Wildman–Crippen MR) is 48.1 cm³/mol. The Hall–Kier alpha value is -1.16. The van der Waals surface area contributed by atoms with E-state index in [1.54, 1.807) is 6.07 Å². The maximum Gasteiger partial charge on any atom is 0.307 e. The number of carboxylic acids is 1. The molecule has 0 aromatic carbocycles. The topological polar surface area (TPSA) is 54.4 Å². The second-order valence-electron chi connectivity index (χ2n) is 3.12. The van der Waals surface area contributed by atoms with Gasteiger partial charge in [0.05, 0.1) is 5.92 Å². The molecule has 0 saturated carbocycles. The molecule has 1 unspecified atom stereocenters. The largest absolute Gasteiger partial charge is 0.481 e. The molecule has 0 amide bonds. The van der Waals surface area contributed by atoms with E-state index in [2.05, 4.69) is 0 Å². The summed E-state index contributed by atoms with van der Waals surface area (Å²) in [6.45, 7) is 0. The Kier molecular flexibility index (Phi) is 1.92. The molecular formula is C9H8O3S. The van der Waals surface area contributed by atoms with Gasteiger partial charge in [0, 0.05) is 16.9 Å². The first-order valence-electron chi connectivity index (χ1n) is 4.01. The molecule has 1 heterocycles. The summed E-state index contributed by atoms with van der Waals surface area (Å²) in [4.78, 5) is 23.0. The van der Waals surface area contributed by atoms with Gasteiger partial charge in [-0.05, 0) is 17.9 Å². The van der Waals surface area contributed by atoms with Gasteiger partial charge in [-0.2, -0.15) is 0 Å². The number of hydrogen-bond acceptors (Lipinski definition) is 3. The standard InChI is InChI=1S/C9H8O3S/c10-7-3-5(9(11)12)4-8-6(7)1-2-13-8/h1-2,5H,3-4H2,(H,11,12). The van der Waals surface area contributed by atoms with Crippen LogP contribution in [0, 0.1) is 5.92 Å². The maximum absolute atomic E-state index is 11.4. The van der Waals surface area contributed by atoms with Crippen LogP contribution in [-0.4, -0.2) is 16.9 Å². The molecule has 0 aliphatic heterocycles. The molecule has 0 fully saturated rings. The Balaban J connectivity index is 2.34. The van der Waals surface area contributed by atoms with Gasteiger partial charge < -0.3 is 5.11 Å². The average molecular weight is 196 g/mol. The smallest absolute Gasteiger partial charge is 0.307 e. The average Bonchev–Trinajstić information content (AvgIpc) is 2.51. The number of Topliss-reactive ketones (excluding diaryl/α,β-unsaturated/α-hetero) is 1. The molecular weight excluding hydrogens is 188 g/mol. The lowest BCUT2D eigenvalue weighted by Crippen LogP contribution is -2.24. The van der Waals surface area contributed by atoms with Crippen molar-refractivity contribution in [3.05, 3.63) is 21.9 Å². The molecule has 4 heteroatoms. The van der Waals surface area contributed by atoms with Gasteiger partial charge in [-0.25, -0.2) is 0 Å². The van der Waals surface area contributed by atoms with Crippen LogP contribution in [0.3, 0.4) is 0 Å². The van der Waals surface area contributed by atoms with Crippen LogP contribution in [0.25, 0.3) is 0 Å². The van der Waals surface area contributed by atoms with Gasteiger partial charge in [0.15, 0.2) is 5.78 Å². The van der Waals surface area contributed by atoms with E-state index in [0.717, 1.165) is 10.4 Å². The van der Waals surface area contributed by atoms with Crippen LogP contribution in [0.15, 0.2) is 11.4 Å². The van der Waals surface area contributed by atoms with Crippen molar-refractivity contribution in [3.63, 3.8) is 0 Å². The van der Waals surface area contributed by atoms with E-state index in [1.165, 1.54) is 11.3 Å². The van der Waals surface area contributed by atoms with Gasteiger partial charge in [0.1, 0.15) is 0 Å². The molecule has 3 nitrogen and oxygen atoms in total. The van der Waals surface area contributed by atoms with Crippen LogP contribution < -0.4 is 0 Å². The molecule has 0 bridgehead atoms. The maximum atomic E-state index is 11.4. The molecule has 0 saturated heterocycles. The van der Waals surface area contributed by atoms with Crippen molar-refractivity contribution in [2.24, 2.45) is 5.92 Å². The molecule has 1 N–H and O–H groups in total. The van der Waals surface area contributed by atoms with Crippen LogP contribution >= 0.6 is 11.3 Å². The highest BCUT2D eigenvalue weighted by atomic mass is 32.1. The number of hydrogen-bond donors (Lipinski definition) is 1. The highest BCUT2D eigenvalue weighted by Gasteiger charge is 2.30. The first-order chi connectivity index (χ1) is 6.18. The third-order valence-corrected chi connectivity index (χ3v) is 3.20. The summed E-state index contributed by atoms with van der Waals surface area (Å²) in [5.41, 5.74) is 0.725. The number of ketones is 1. The first-order valence-corrected chi connectivity index (χ1v) is 4.89. The molecule has 1 aliphatic rings. The van der Waals surface area contributed by atoms with E-state index >= 15 is 0 Å². The number of rotatable bonds is 1. The molecule has 13 heavy (non-hydrogen) atoms. The van der Waals surface area contributed by atoms with Crippen molar-refractivity contribution >= 4 is 23.1 Å². The lowest BCUT2D eigenvalue weighted by molar-refractivity contribution is -0.141. The van der Waals surface area contributed by atoms with Crippen LogP contribution in [-0.2, 0) is 11.2 Å². The fourth-order valence-electron chi connectivity index (χ4n) is 1.55. The highest BCUT2D eigenvalue weighted by Crippen LogP contribution is 2.29. The van der Waals surface area contributed by atoms with Gasteiger partial charge in [0.2, 0.25) is 0 Å². The SMILES string of the molecule is O=C1CC(C(=O)O)Cc2sccc21. The molecule has 0 spiro atoms. The minimum Gasteiger partial charge on any atom is -0.481 e. The zero-order valence-corrected chi connectivity index (χ0v) is 7.63. The van der Waals surface area contributed by atoms with E-state index in [4.69, 9.17) is 5.11 Å². The lowest BCUT2D eigenvalue weighted by Gasteiger charge is -2.16. The lowest BCUT2D eigenvalue weighted by atomic mass is 9.88. The zero-order valence-electron chi connectivity index (χ0n) is 6.82. The number of carbonyl (C=O) groups is 2. The van der Waals surface area contributed by atoms with Crippen LogP contribution in [0.4, 0.5) is 0 Å². The fourth-order valence-corrected chi connectivity index (χ4v) is 2.53. The van der Waals surface area contributed by atoms with Gasteiger partial charge in [-0.1, -0.05) is 0 Å². The van der Waals surface area contributed by atoms with E-state index in [1.807, 2.05) is 5.38 Å². The number of thiophene rings is 1. The molecule has 68 valence electrons. The number of carboxylic acid groups (broad SMARTS) is 1. The summed E-state index contributed by atoms with van der Waals surface area (Å²) in [6.07, 6.45) is 0.660. The van der Waals surface area contributed by atoms with Crippen LogP contribution in [0.5, 0.6) is 0 Å². The van der Waals surface area contributed by atoms with Crippen molar-refractivity contribution in [3.8, 4) is 0 Å². The van der Waals surface area contributed by atoms with Crippen molar-refractivity contribution < 1.29 is 14.7 Å². The Morgan fingerprint density at radius 3 is 3.00 bits per heavy atom. The van der Waals surface area contributed by atoms with Crippen LogP contribution in [0.1, 0.15) is 21.7 Å². The monoisotopic (exact) mass is 196 g/mol. The highest BCUT2D eigenvalue weighted by molar-refractivity contribution is 7.10.